The van der Waals surface area contributed by atoms with E-state index < -0.39 is 0 Å². The summed E-state index contributed by atoms with van der Waals surface area (Å²) < 4.78 is 9.16. The molecule has 0 aromatic carbocycles. The summed E-state index contributed by atoms with van der Waals surface area (Å²) in [6, 6.07) is 0.220. The topological polar surface area (TPSA) is 73.1 Å². The van der Waals surface area contributed by atoms with Crippen LogP contribution in [0.5, 0.6) is 0 Å². The van der Waals surface area contributed by atoms with Crippen LogP contribution >= 0.6 is 11.5 Å². The fourth-order valence-corrected chi connectivity index (χ4v) is 1.78. The van der Waals surface area contributed by atoms with E-state index in [4.69, 9.17) is 10.5 Å². The van der Waals surface area contributed by atoms with Gasteiger partial charge in [-0.3, -0.25) is 0 Å². The number of ether oxygens (including phenoxy) is 1. The van der Waals surface area contributed by atoms with Crippen LogP contribution in [-0.2, 0) is 4.74 Å². The number of methoxy groups -OCH3 is 1. The molecule has 5 nitrogen and oxygen atoms in total. The first kappa shape index (κ1) is 11.4. The quantitative estimate of drug-likeness (QED) is 0.729. The molecule has 1 atom stereocenters. The Kier molecular flexibility index (Phi) is 4.78. The van der Waals surface area contributed by atoms with Gasteiger partial charge in [0.05, 0.1) is 12.6 Å². The Morgan fingerprint density at radius 2 is 2.43 bits per heavy atom. The lowest BCUT2D eigenvalue weighted by atomic mass is 10.2. The smallest absolute Gasteiger partial charge is 0.202 e. The van der Waals surface area contributed by atoms with Crippen molar-refractivity contribution < 1.29 is 4.74 Å². The second-order valence-electron chi connectivity index (χ2n) is 3.02. The number of hydrogen-bond acceptors (Lipinski definition) is 6. The second kappa shape index (κ2) is 5.90. The molecule has 14 heavy (non-hydrogen) atoms. The Bertz CT molecular complexity index is 260. The maximum absolute atomic E-state index is 5.49. The van der Waals surface area contributed by atoms with Gasteiger partial charge in [-0.25, -0.2) is 4.98 Å². The summed E-state index contributed by atoms with van der Waals surface area (Å²) in [7, 11) is 1.68. The van der Waals surface area contributed by atoms with Gasteiger partial charge in [0, 0.05) is 18.6 Å². The number of hydrogen-bond donors (Lipinski definition) is 2. The SMILES string of the molecule is COCC(CCN)Nc1nc(C)ns1. The van der Waals surface area contributed by atoms with Gasteiger partial charge in [0.1, 0.15) is 5.82 Å². The molecule has 0 amide bonds. The van der Waals surface area contributed by atoms with Crippen LogP contribution in [0.1, 0.15) is 12.2 Å². The Hall–Kier alpha value is -0.720. The number of nitrogens with two attached hydrogens (primary N) is 1. The van der Waals surface area contributed by atoms with Crippen LogP contribution in [0, 0.1) is 6.92 Å². The van der Waals surface area contributed by atoms with Gasteiger partial charge in [-0.1, -0.05) is 0 Å². The van der Waals surface area contributed by atoms with Crippen molar-refractivity contribution in [3.05, 3.63) is 5.82 Å². The highest BCUT2D eigenvalue weighted by molar-refractivity contribution is 7.09. The van der Waals surface area contributed by atoms with Gasteiger partial charge in [0.2, 0.25) is 5.13 Å². The van der Waals surface area contributed by atoms with Gasteiger partial charge in [0.25, 0.3) is 0 Å². The number of aromatic nitrogens is 2. The fourth-order valence-electron chi connectivity index (χ4n) is 1.13. The van der Waals surface area contributed by atoms with Crippen molar-refractivity contribution in [2.24, 2.45) is 5.73 Å². The first-order valence-electron chi connectivity index (χ1n) is 4.52. The molecule has 1 aromatic rings. The van der Waals surface area contributed by atoms with Crippen molar-refractivity contribution in [3.63, 3.8) is 0 Å². The van der Waals surface area contributed by atoms with Crippen molar-refractivity contribution in [3.8, 4) is 0 Å². The van der Waals surface area contributed by atoms with Crippen LogP contribution in [0.25, 0.3) is 0 Å². The Balaban J connectivity index is 2.46. The Morgan fingerprint density at radius 3 is 2.93 bits per heavy atom. The van der Waals surface area contributed by atoms with Crippen molar-refractivity contribution in [1.82, 2.24) is 9.36 Å². The van der Waals surface area contributed by atoms with E-state index in [1.165, 1.54) is 11.5 Å². The van der Waals surface area contributed by atoms with E-state index in [0.717, 1.165) is 17.4 Å². The molecule has 0 saturated carbocycles. The average Bonchev–Trinajstić information content (AvgIpc) is 2.52. The van der Waals surface area contributed by atoms with E-state index in [1.54, 1.807) is 7.11 Å². The zero-order chi connectivity index (χ0) is 10.4. The number of nitrogens with one attached hydrogen (secondary N) is 1. The fraction of sp³-hybridized carbons (Fsp3) is 0.750. The molecule has 0 fully saturated rings. The summed E-state index contributed by atoms with van der Waals surface area (Å²) in [4.78, 5) is 4.21. The summed E-state index contributed by atoms with van der Waals surface area (Å²) in [6.07, 6.45) is 0.868. The molecule has 0 aliphatic rings. The van der Waals surface area contributed by atoms with E-state index in [-0.39, 0.29) is 6.04 Å². The van der Waals surface area contributed by atoms with Gasteiger partial charge < -0.3 is 15.8 Å². The third-order valence-corrected chi connectivity index (χ3v) is 2.48. The Morgan fingerprint density at radius 1 is 1.64 bits per heavy atom. The van der Waals surface area contributed by atoms with E-state index >= 15 is 0 Å². The molecular weight excluding hydrogens is 200 g/mol. The molecule has 1 heterocycles. The highest BCUT2D eigenvalue weighted by Gasteiger charge is 2.09. The number of rotatable bonds is 6. The zero-order valence-electron chi connectivity index (χ0n) is 8.49. The van der Waals surface area contributed by atoms with E-state index in [1.807, 2.05) is 6.92 Å². The molecule has 1 unspecified atom stereocenters. The van der Waals surface area contributed by atoms with Crippen molar-refractivity contribution in [2.45, 2.75) is 19.4 Å². The van der Waals surface area contributed by atoms with Gasteiger partial charge >= 0.3 is 0 Å². The average molecular weight is 216 g/mol. The largest absolute Gasteiger partial charge is 0.383 e. The van der Waals surface area contributed by atoms with Crippen LogP contribution in [0.4, 0.5) is 5.13 Å². The summed E-state index contributed by atoms with van der Waals surface area (Å²) in [5, 5.41) is 4.07. The number of anilines is 1. The maximum atomic E-state index is 5.49. The van der Waals surface area contributed by atoms with Gasteiger partial charge in [-0.2, -0.15) is 4.37 Å². The minimum Gasteiger partial charge on any atom is -0.383 e. The van der Waals surface area contributed by atoms with Gasteiger partial charge in [0.15, 0.2) is 0 Å². The molecule has 0 aliphatic heterocycles. The van der Waals surface area contributed by atoms with Gasteiger partial charge in [-0.05, 0) is 19.9 Å². The molecule has 1 rings (SSSR count). The standard InChI is InChI=1S/C8H16N4OS/c1-6-10-8(14-12-6)11-7(3-4-9)5-13-2/h7H,3-5,9H2,1-2H3,(H,10,11,12). The molecule has 0 bridgehead atoms. The third-order valence-electron chi connectivity index (χ3n) is 1.74. The lowest BCUT2D eigenvalue weighted by molar-refractivity contribution is 0.183. The monoisotopic (exact) mass is 216 g/mol. The summed E-state index contributed by atoms with van der Waals surface area (Å²) in [5.74, 6) is 0.793. The second-order valence-corrected chi connectivity index (χ2v) is 3.77. The molecule has 0 radical (unpaired) electrons. The minimum atomic E-state index is 0.220. The van der Waals surface area contributed by atoms with Crippen LogP contribution in [-0.4, -0.2) is 35.7 Å². The van der Waals surface area contributed by atoms with Crippen molar-refractivity contribution in [2.75, 3.05) is 25.6 Å². The van der Waals surface area contributed by atoms with E-state index in [9.17, 15) is 0 Å². The normalized spacial score (nSPS) is 12.8. The van der Waals surface area contributed by atoms with Crippen LogP contribution in [0.2, 0.25) is 0 Å². The maximum Gasteiger partial charge on any atom is 0.202 e. The van der Waals surface area contributed by atoms with E-state index in [0.29, 0.717) is 13.2 Å². The molecule has 6 heteroatoms. The summed E-state index contributed by atoms with van der Waals surface area (Å²) >= 11 is 1.36. The predicted octanol–water partition coefficient (Wildman–Crippen LogP) is 0.622. The number of aryl methyl sites for hydroxylation is 1. The Labute approximate surface area is 87.8 Å². The first-order valence-corrected chi connectivity index (χ1v) is 5.29. The third kappa shape index (κ3) is 3.57. The highest BCUT2D eigenvalue weighted by Crippen LogP contribution is 2.12. The lowest BCUT2D eigenvalue weighted by Crippen LogP contribution is -2.27. The molecule has 0 aliphatic carbocycles. The van der Waals surface area contributed by atoms with Crippen molar-refractivity contribution >= 4 is 16.7 Å². The molecule has 80 valence electrons. The minimum absolute atomic E-state index is 0.220. The first-order chi connectivity index (χ1) is 6.76. The van der Waals surface area contributed by atoms with Gasteiger partial charge in [-0.15, -0.1) is 0 Å². The van der Waals surface area contributed by atoms with Crippen LogP contribution < -0.4 is 11.1 Å². The van der Waals surface area contributed by atoms with Crippen LogP contribution in [0.15, 0.2) is 0 Å². The lowest BCUT2D eigenvalue weighted by Gasteiger charge is -2.15. The summed E-state index contributed by atoms with van der Waals surface area (Å²) in [6.45, 7) is 3.14. The van der Waals surface area contributed by atoms with Crippen molar-refractivity contribution in [1.29, 1.82) is 0 Å². The molecule has 3 N–H and O–H groups in total. The highest BCUT2D eigenvalue weighted by atomic mass is 32.1. The molecule has 0 saturated heterocycles. The van der Waals surface area contributed by atoms with E-state index in [2.05, 4.69) is 14.7 Å². The predicted molar refractivity (Wildman–Crippen MR) is 57.6 cm³/mol. The molecule has 0 spiro atoms. The molecular formula is C8H16N4OS. The number of nitrogens with zero attached hydrogens (tertiary/aromatic N) is 2. The molecule has 1 aromatic heterocycles. The zero-order valence-corrected chi connectivity index (χ0v) is 9.30. The van der Waals surface area contributed by atoms with Crippen LogP contribution in [0.3, 0.4) is 0 Å². The summed E-state index contributed by atoms with van der Waals surface area (Å²) in [5.41, 5.74) is 5.49.